The molecule has 4 atom stereocenters. The molecular weight excluding hydrogens is 255 g/mol. The molecule has 102 valence electrons. The second kappa shape index (κ2) is 4.12. The van der Waals surface area contributed by atoms with E-state index in [1.807, 2.05) is 0 Å². The van der Waals surface area contributed by atoms with Crippen LogP contribution in [0.15, 0.2) is 12.5 Å². The molecule has 5 N–H and O–H groups in total. The molecule has 8 heteroatoms. The molecule has 1 aliphatic rings. The smallest absolute Gasteiger partial charge is 0.167 e. The molecule has 1 fully saturated rings. The van der Waals surface area contributed by atoms with Gasteiger partial charge in [-0.3, -0.25) is 0 Å². The first-order valence-electron chi connectivity index (χ1n) is 5.81. The van der Waals surface area contributed by atoms with Crippen LogP contribution in [0.25, 0.3) is 11.0 Å². The minimum Gasteiger partial charge on any atom is -0.390 e. The fourth-order valence-electron chi connectivity index (χ4n) is 2.54. The normalized spacial score (nSPS) is 31.2. The number of aliphatic hydroxyl groups excluding tert-OH is 3. The van der Waals surface area contributed by atoms with E-state index in [1.54, 1.807) is 0 Å². The Hall–Kier alpha value is -1.77. The molecule has 0 amide bonds. The van der Waals surface area contributed by atoms with Gasteiger partial charge in [-0.1, -0.05) is 0 Å². The zero-order chi connectivity index (χ0) is 13.7. The van der Waals surface area contributed by atoms with Crippen LogP contribution in [-0.4, -0.2) is 48.2 Å². The lowest BCUT2D eigenvalue weighted by Gasteiger charge is -2.18. The van der Waals surface area contributed by atoms with E-state index in [0.717, 1.165) is 6.20 Å². The standard InChI is InChI=1S/C11H13FN4O3/c12-4-2-14-11(13)7-8(4)16(3-15-7)5-1-6(17)10(19)9(5)18/h2-3,5-6,9-10,17-19H,1H2,(H2,13,14)/t5-,6-,9+,10-/m1/s1. The van der Waals surface area contributed by atoms with Crippen molar-refractivity contribution in [1.82, 2.24) is 14.5 Å². The summed E-state index contributed by atoms with van der Waals surface area (Å²) in [7, 11) is 0. The maximum Gasteiger partial charge on any atom is 0.167 e. The number of rotatable bonds is 1. The van der Waals surface area contributed by atoms with Gasteiger partial charge in [0.2, 0.25) is 0 Å². The summed E-state index contributed by atoms with van der Waals surface area (Å²) in [5.41, 5.74) is 5.92. The minimum absolute atomic E-state index is 0.0868. The fraction of sp³-hybridized carbons (Fsp3) is 0.455. The van der Waals surface area contributed by atoms with Gasteiger partial charge in [-0.25, -0.2) is 14.4 Å². The Morgan fingerprint density at radius 1 is 1.26 bits per heavy atom. The molecule has 2 heterocycles. The molecule has 0 spiro atoms. The van der Waals surface area contributed by atoms with Crippen molar-refractivity contribution in [3.8, 4) is 0 Å². The summed E-state index contributed by atoms with van der Waals surface area (Å²) < 4.78 is 15.2. The Labute approximate surface area is 107 Å². The number of halogens is 1. The highest BCUT2D eigenvalue weighted by Gasteiger charge is 2.42. The van der Waals surface area contributed by atoms with Gasteiger partial charge in [-0.2, -0.15) is 0 Å². The Morgan fingerprint density at radius 2 is 2.00 bits per heavy atom. The molecule has 0 aromatic carbocycles. The van der Waals surface area contributed by atoms with Crippen molar-refractivity contribution in [2.45, 2.75) is 30.8 Å². The van der Waals surface area contributed by atoms with Crippen LogP contribution in [-0.2, 0) is 0 Å². The number of hydrogen-bond acceptors (Lipinski definition) is 6. The molecule has 3 rings (SSSR count). The summed E-state index contributed by atoms with van der Waals surface area (Å²) in [5, 5.41) is 29.0. The Kier molecular flexibility index (Phi) is 2.66. The second-order valence-corrected chi connectivity index (χ2v) is 4.69. The van der Waals surface area contributed by atoms with Crippen LogP contribution >= 0.6 is 0 Å². The number of anilines is 1. The Morgan fingerprint density at radius 3 is 2.63 bits per heavy atom. The molecule has 2 aromatic rings. The first-order chi connectivity index (χ1) is 9.00. The lowest BCUT2D eigenvalue weighted by molar-refractivity contribution is -0.0244. The average Bonchev–Trinajstić information content (AvgIpc) is 2.92. The monoisotopic (exact) mass is 268 g/mol. The molecule has 2 aromatic heterocycles. The zero-order valence-electron chi connectivity index (χ0n) is 9.81. The molecule has 1 saturated carbocycles. The van der Waals surface area contributed by atoms with Gasteiger partial charge in [0.15, 0.2) is 11.6 Å². The number of nitrogens with zero attached hydrogens (tertiary/aromatic N) is 3. The van der Waals surface area contributed by atoms with Crippen molar-refractivity contribution in [2.24, 2.45) is 0 Å². The third-order valence-corrected chi connectivity index (χ3v) is 3.56. The van der Waals surface area contributed by atoms with E-state index in [9.17, 15) is 19.7 Å². The highest BCUT2D eigenvalue weighted by Crippen LogP contribution is 2.34. The van der Waals surface area contributed by atoms with Crippen molar-refractivity contribution < 1.29 is 19.7 Å². The Bertz CT molecular complexity index is 632. The van der Waals surface area contributed by atoms with E-state index in [-0.39, 0.29) is 23.3 Å². The van der Waals surface area contributed by atoms with Crippen molar-refractivity contribution in [3.05, 3.63) is 18.3 Å². The van der Waals surface area contributed by atoms with Crippen LogP contribution in [0, 0.1) is 5.82 Å². The predicted molar refractivity (Wildman–Crippen MR) is 63.6 cm³/mol. The topological polar surface area (TPSA) is 117 Å². The van der Waals surface area contributed by atoms with Gasteiger partial charge >= 0.3 is 0 Å². The lowest BCUT2D eigenvalue weighted by Crippen LogP contribution is -2.31. The van der Waals surface area contributed by atoms with Gasteiger partial charge in [0, 0.05) is 0 Å². The third kappa shape index (κ3) is 1.68. The Balaban J connectivity index is 2.14. The first-order valence-corrected chi connectivity index (χ1v) is 5.81. The van der Waals surface area contributed by atoms with E-state index in [4.69, 9.17) is 5.73 Å². The maximum atomic E-state index is 13.8. The van der Waals surface area contributed by atoms with Gasteiger partial charge in [0.05, 0.1) is 24.7 Å². The fourth-order valence-corrected chi connectivity index (χ4v) is 2.54. The maximum absolute atomic E-state index is 13.8. The average molecular weight is 268 g/mol. The SMILES string of the molecule is Nc1ncc(F)c2c1ncn2[C@@H]1C[C@@H](O)[C@@H](O)[C@H]1O. The van der Waals surface area contributed by atoms with E-state index in [0.29, 0.717) is 0 Å². The molecule has 0 bridgehead atoms. The van der Waals surface area contributed by atoms with Crippen LogP contribution in [0.5, 0.6) is 0 Å². The largest absolute Gasteiger partial charge is 0.390 e. The summed E-state index contributed by atoms with van der Waals surface area (Å²) in [6.45, 7) is 0. The van der Waals surface area contributed by atoms with Gasteiger partial charge < -0.3 is 25.6 Å². The number of imidazole rings is 1. The predicted octanol–water partition coefficient (Wildman–Crippen LogP) is -0.820. The first kappa shape index (κ1) is 12.3. The number of hydrogen-bond donors (Lipinski definition) is 4. The van der Waals surface area contributed by atoms with E-state index < -0.39 is 30.2 Å². The summed E-state index contributed by atoms with van der Waals surface area (Å²) >= 11 is 0. The summed E-state index contributed by atoms with van der Waals surface area (Å²) in [5.74, 6) is -0.534. The molecule has 0 radical (unpaired) electrons. The van der Waals surface area contributed by atoms with Crippen molar-refractivity contribution >= 4 is 16.9 Å². The molecule has 7 nitrogen and oxygen atoms in total. The minimum atomic E-state index is -1.26. The number of aromatic nitrogens is 3. The molecule has 0 unspecified atom stereocenters. The molecule has 19 heavy (non-hydrogen) atoms. The van der Waals surface area contributed by atoms with Gasteiger partial charge in [0.25, 0.3) is 0 Å². The number of pyridine rings is 1. The van der Waals surface area contributed by atoms with Gasteiger partial charge in [0.1, 0.15) is 23.2 Å². The summed E-state index contributed by atoms with van der Waals surface area (Å²) in [6, 6.07) is -0.661. The lowest BCUT2D eigenvalue weighted by atomic mass is 10.2. The molecule has 1 aliphatic carbocycles. The van der Waals surface area contributed by atoms with Crippen molar-refractivity contribution in [1.29, 1.82) is 0 Å². The summed E-state index contributed by atoms with van der Waals surface area (Å²) in [6.07, 6.45) is -1.10. The van der Waals surface area contributed by atoms with Crippen LogP contribution in [0.3, 0.4) is 0 Å². The van der Waals surface area contributed by atoms with Gasteiger partial charge in [-0.05, 0) is 6.42 Å². The van der Waals surface area contributed by atoms with Crippen LogP contribution in [0.2, 0.25) is 0 Å². The van der Waals surface area contributed by atoms with Crippen molar-refractivity contribution in [3.63, 3.8) is 0 Å². The van der Waals surface area contributed by atoms with Crippen LogP contribution in [0.4, 0.5) is 10.2 Å². The van der Waals surface area contributed by atoms with Gasteiger partial charge in [-0.15, -0.1) is 0 Å². The highest BCUT2D eigenvalue weighted by molar-refractivity contribution is 5.85. The van der Waals surface area contributed by atoms with E-state index >= 15 is 0 Å². The summed E-state index contributed by atoms with van der Waals surface area (Å²) in [4.78, 5) is 7.63. The molecule has 0 saturated heterocycles. The van der Waals surface area contributed by atoms with Crippen LogP contribution < -0.4 is 5.73 Å². The highest BCUT2D eigenvalue weighted by atomic mass is 19.1. The van der Waals surface area contributed by atoms with Crippen LogP contribution in [0.1, 0.15) is 12.5 Å². The molecular formula is C11H13FN4O3. The second-order valence-electron chi connectivity index (χ2n) is 4.69. The van der Waals surface area contributed by atoms with E-state index in [1.165, 1.54) is 10.9 Å². The quantitative estimate of drug-likeness (QED) is 0.537. The third-order valence-electron chi connectivity index (χ3n) is 3.56. The zero-order valence-corrected chi connectivity index (χ0v) is 9.81. The molecule has 0 aliphatic heterocycles. The number of fused-ring (bicyclic) bond motifs is 1. The van der Waals surface area contributed by atoms with E-state index in [2.05, 4.69) is 9.97 Å². The number of nitrogen functional groups attached to an aromatic ring is 1. The van der Waals surface area contributed by atoms with Crippen molar-refractivity contribution in [2.75, 3.05) is 5.73 Å². The number of aliphatic hydroxyl groups is 3. The number of nitrogens with two attached hydrogens (primary N) is 1.